The minimum atomic E-state index is -0.702. The summed E-state index contributed by atoms with van der Waals surface area (Å²) in [5.41, 5.74) is 0.0116. The van der Waals surface area contributed by atoms with Gasteiger partial charge < -0.3 is 14.0 Å². The topological polar surface area (TPSA) is 120 Å². The molecule has 1 aromatic heterocycles. The summed E-state index contributed by atoms with van der Waals surface area (Å²) < 4.78 is 11.0. The van der Waals surface area contributed by atoms with Crippen molar-refractivity contribution in [3.63, 3.8) is 0 Å². The van der Waals surface area contributed by atoms with E-state index in [9.17, 15) is 19.2 Å². The van der Waals surface area contributed by atoms with Crippen LogP contribution >= 0.6 is 11.8 Å². The summed E-state index contributed by atoms with van der Waals surface area (Å²) in [6.07, 6.45) is 2.73. The van der Waals surface area contributed by atoms with Gasteiger partial charge in [-0.1, -0.05) is 17.8 Å². The predicted octanol–water partition coefficient (Wildman–Crippen LogP) is 1.33. The Labute approximate surface area is 172 Å². The Kier molecular flexibility index (Phi) is 7.71. The predicted molar refractivity (Wildman–Crippen MR) is 106 cm³/mol. The first-order chi connectivity index (χ1) is 13.8. The normalized spacial score (nSPS) is 17.5. The Bertz CT molecular complexity index is 863. The molecule has 0 spiro atoms. The molecule has 0 aromatic carbocycles. The SMILES string of the molecule is C=CCN1C(=O)[C@@H](CC(=O)OC)SC1=Nc1ncn(CC(C)=O)c1C(=O)OCC. The quantitative estimate of drug-likeness (QED) is 0.432. The first-order valence-electron chi connectivity index (χ1n) is 8.78. The average Bonchev–Trinajstić information content (AvgIpc) is 3.17. The molecule has 29 heavy (non-hydrogen) atoms. The van der Waals surface area contributed by atoms with Gasteiger partial charge in [-0.25, -0.2) is 14.8 Å². The lowest BCUT2D eigenvalue weighted by atomic mass is 10.2. The monoisotopic (exact) mass is 422 g/mol. The van der Waals surface area contributed by atoms with Crippen molar-refractivity contribution in [2.24, 2.45) is 4.99 Å². The van der Waals surface area contributed by atoms with Crippen molar-refractivity contribution in [1.29, 1.82) is 0 Å². The van der Waals surface area contributed by atoms with E-state index >= 15 is 0 Å². The highest BCUT2D eigenvalue weighted by Gasteiger charge is 2.39. The lowest BCUT2D eigenvalue weighted by Gasteiger charge is -2.13. The Hall–Kier alpha value is -2.95. The summed E-state index contributed by atoms with van der Waals surface area (Å²) in [7, 11) is 1.25. The highest BCUT2D eigenvalue weighted by Crippen LogP contribution is 2.32. The lowest BCUT2D eigenvalue weighted by molar-refractivity contribution is -0.142. The largest absolute Gasteiger partial charge is 0.469 e. The minimum absolute atomic E-state index is 0.0116. The molecule has 1 saturated heterocycles. The van der Waals surface area contributed by atoms with E-state index in [-0.39, 0.29) is 54.5 Å². The zero-order valence-electron chi connectivity index (χ0n) is 16.4. The number of aliphatic imine (C=N–C) groups is 1. The molecule has 156 valence electrons. The summed E-state index contributed by atoms with van der Waals surface area (Å²) in [5.74, 6) is -1.67. The smallest absolute Gasteiger partial charge is 0.358 e. The molecule has 1 fully saturated rings. The minimum Gasteiger partial charge on any atom is -0.469 e. The van der Waals surface area contributed by atoms with Crippen LogP contribution in [0.25, 0.3) is 0 Å². The van der Waals surface area contributed by atoms with E-state index in [2.05, 4.69) is 21.3 Å². The number of imidazole rings is 1. The number of ketones is 1. The summed E-state index contributed by atoms with van der Waals surface area (Å²) in [4.78, 5) is 57.9. The number of Topliss-reactive ketones (excluding diaryl/α,β-unsaturated/α-hetero) is 1. The number of amides is 1. The van der Waals surface area contributed by atoms with E-state index in [4.69, 9.17) is 4.74 Å². The summed E-state index contributed by atoms with van der Waals surface area (Å²) in [5, 5.41) is -0.436. The summed E-state index contributed by atoms with van der Waals surface area (Å²) in [6, 6.07) is 0. The van der Waals surface area contributed by atoms with Crippen molar-refractivity contribution in [2.45, 2.75) is 32.1 Å². The standard InChI is InChI=1S/C18H22N4O6S/c1-5-7-22-16(25)12(8-13(24)27-4)29-18(22)20-15-14(17(26)28-6-2)21(10-19-15)9-11(3)23/h5,10,12H,1,6-9H2,2-4H3/t12-/m1/s1. The molecule has 2 rings (SSSR count). The van der Waals surface area contributed by atoms with Gasteiger partial charge in [-0.05, 0) is 13.8 Å². The highest BCUT2D eigenvalue weighted by molar-refractivity contribution is 8.15. The van der Waals surface area contributed by atoms with Crippen molar-refractivity contribution < 1.29 is 28.7 Å². The van der Waals surface area contributed by atoms with Gasteiger partial charge in [0, 0.05) is 6.54 Å². The van der Waals surface area contributed by atoms with Gasteiger partial charge in [0.2, 0.25) is 5.91 Å². The first kappa shape index (κ1) is 22.3. The van der Waals surface area contributed by atoms with Crippen LogP contribution in [0.1, 0.15) is 30.8 Å². The van der Waals surface area contributed by atoms with Gasteiger partial charge in [0.1, 0.15) is 11.0 Å². The molecule has 0 radical (unpaired) electrons. The van der Waals surface area contributed by atoms with Gasteiger partial charge in [0.05, 0.1) is 33.0 Å². The molecule has 2 heterocycles. The zero-order valence-corrected chi connectivity index (χ0v) is 17.2. The van der Waals surface area contributed by atoms with Crippen molar-refractivity contribution in [3.8, 4) is 0 Å². The number of thioether (sulfide) groups is 1. The van der Waals surface area contributed by atoms with Gasteiger partial charge in [-0.2, -0.15) is 0 Å². The van der Waals surface area contributed by atoms with E-state index < -0.39 is 17.2 Å². The number of hydrogen-bond donors (Lipinski definition) is 0. The zero-order chi connectivity index (χ0) is 21.6. The number of ether oxygens (including phenoxy) is 2. The summed E-state index contributed by atoms with van der Waals surface area (Å²) in [6.45, 7) is 6.91. The van der Waals surface area contributed by atoms with E-state index in [1.807, 2.05) is 0 Å². The van der Waals surface area contributed by atoms with Crippen LogP contribution in [-0.4, -0.2) is 68.8 Å². The van der Waals surface area contributed by atoms with Crippen LogP contribution < -0.4 is 0 Å². The van der Waals surface area contributed by atoms with Gasteiger partial charge in [0.15, 0.2) is 16.7 Å². The van der Waals surface area contributed by atoms with Crippen LogP contribution in [0.2, 0.25) is 0 Å². The molecule has 1 amide bonds. The number of aromatic nitrogens is 2. The van der Waals surface area contributed by atoms with Crippen LogP contribution in [0.3, 0.4) is 0 Å². The van der Waals surface area contributed by atoms with Crippen LogP contribution in [0, 0.1) is 0 Å². The fraction of sp³-hybridized carbons (Fsp3) is 0.444. The van der Waals surface area contributed by atoms with E-state index in [0.717, 1.165) is 11.8 Å². The van der Waals surface area contributed by atoms with Gasteiger partial charge in [0.25, 0.3) is 0 Å². The van der Waals surface area contributed by atoms with Gasteiger partial charge in [-0.15, -0.1) is 6.58 Å². The first-order valence-corrected chi connectivity index (χ1v) is 9.66. The fourth-order valence-electron chi connectivity index (χ4n) is 2.57. The molecule has 10 nitrogen and oxygen atoms in total. The second-order valence-corrected chi connectivity index (χ2v) is 7.16. The van der Waals surface area contributed by atoms with E-state index in [1.54, 1.807) is 6.92 Å². The molecular weight excluding hydrogens is 400 g/mol. The van der Waals surface area contributed by atoms with Crippen LogP contribution in [0.15, 0.2) is 24.0 Å². The summed E-state index contributed by atoms with van der Waals surface area (Å²) >= 11 is 1.07. The van der Waals surface area contributed by atoms with Crippen molar-refractivity contribution in [1.82, 2.24) is 14.5 Å². The molecule has 0 bridgehead atoms. The van der Waals surface area contributed by atoms with Crippen molar-refractivity contribution in [2.75, 3.05) is 20.3 Å². The maximum atomic E-state index is 12.6. The van der Waals surface area contributed by atoms with Crippen molar-refractivity contribution in [3.05, 3.63) is 24.7 Å². The van der Waals surface area contributed by atoms with E-state index in [1.165, 1.54) is 35.9 Å². The van der Waals surface area contributed by atoms with Crippen LogP contribution in [-0.2, 0) is 30.4 Å². The Morgan fingerprint density at radius 1 is 1.41 bits per heavy atom. The molecule has 1 aromatic rings. The van der Waals surface area contributed by atoms with Crippen LogP contribution in [0.4, 0.5) is 5.82 Å². The number of nitrogens with zero attached hydrogens (tertiary/aromatic N) is 4. The molecule has 11 heteroatoms. The molecule has 1 aliphatic heterocycles. The molecule has 0 N–H and O–H groups in total. The second-order valence-electron chi connectivity index (χ2n) is 5.99. The number of carbonyl (C=O) groups is 4. The number of carbonyl (C=O) groups excluding carboxylic acids is 4. The highest BCUT2D eigenvalue weighted by atomic mass is 32.2. The molecule has 1 atom stereocenters. The van der Waals surface area contributed by atoms with Gasteiger partial charge >= 0.3 is 11.9 Å². The molecule has 1 aliphatic rings. The molecule has 0 unspecified atom stereocenters. The van der Waals surface area contributed by atoms with Crippen molar-refractivity contribution >= 4 is 46.4 Å². The number of hydrogen-bond acceptors (Lipinski definition) is 9. The lowest BCUT2D eigenvalue weighted by Crippen LogP contribution is -2.33. The third-order valence-corrected chi connectivity index (χ3v) is 4.97. The average molecular weight is 422 g/mol. The Morgan fingerprint density at radius 2 is 2.14 bits per heavy atom. The fourth-order valence-corrected chi connectivity index (χ4v) is 3.70. The maximum absolute atomic E-state index is 12.6. The molecule has 0 saturated carbocycles. The second kappa shape index (κ2) is 10.0. The third kappa shape index (κ3) is 5.31. The molecular formula is C18H22N4O6S. The molecule has 0 aliphatic carbocycles. The Balaban J connectivity index is 2.44. The van der Waals surface area contributed by atoms with Crippen LogP contribution in [0.5, 0.6) is 0 Å². The number of methoxy groups -OCH3 is 1. The third-order valence-electron chi connectivity index (χ3n) is 3.79. The maximum Gasteiger partial charge on any atom is 0.358 e. The van der Waals surface area contributed by atoms with Gasteiger partial charge in [-0.3, -0.25) is 19.3 Å². The number of esters is 2. The number of rotatable bonds is 9. The van der Waals surface area contributed by atoms with E-state index in [0.29, 0.717) is 0 Å². The Morgan fingerprint density at radius 3 is 2.72 bits per heavy atom. The number of amidine groups is 1.